The molecule has 0 aliphatic heterocycles. The number of nitrogens with zero attached hydrogens (tertiary/aromatic N) is 1. The molecule has 3 rings (SSSR count). The third-order valence-corrected chi connectivity index (χ3v) is 3.88. The van der Waals surface area contributed by atoms with Crippen LogP contribution in [0.15, 0.2) is 57.8 Å². The predicted octanol–water partition coefficient (Wildman–Crippen LogP) is 2.48. The Kier molecular flexibility index (Phi) is 4.90. The second kappa shape index (κ2) is 7.27. The highest BCUT2D eigenvalue weighted by molar-refractivity contribution is 9.10. The molecule has 0 spiro atoms. The van der Waals surface area contributed by atoms with Gasteiger partial charge in [-0.3, -0.25) is 9.59 Å². The quantitative estimate of drug-likeness (QED) is 0.653. The third kappa shape index (κ3) is 3.92. The van der Waals surface area contributed by atoms with Gasteiger partial charge in [-0.15, -0.1) is 0 Å². The van der Waals surface area contributed by atoms with Crippen LogP contribution in [0.3, 0.4) is 0 Å². The van der Waals surface area contributed by atoms with Gasteiger partial charge in [0.15, 0.2) is 12.3 Å². The summed E-state index contributed by atoms with van der Waals surface area (Å²) in [6.45, 7) is -0.468. The molecule has 126 valence electrons. The van der Waals surface area contributed by atoms with E-state index in [1.807, 2.05) is 0 Å². The summed E-state index contributed by atoms with van der Waals surface area (Å²) in [4.78, 5) is 35.8. The van der Waals surface area contributed by atoms with E-state index in [1.54, 1.807) is 48.5 Å². The summed E-state index contributed by atoms with van der Waals surface area (Å²) in [6, 6.07) is 13.5. The minimum atomic E-state index is -0.793. The van der Waals surface area contributed by atoms with E-state index in [0.29, 0.717) is 16.5 Å². The van der Waals surface area contributed by atoms with Crippen LogP contribution >= 0.6 is 15.9 Å². The number of carbonyl (C=O) groups is 2. The highest BCUT2D eigenvalue weighted by Crippen LogP contribution is 2.15. The number of H-pyrrole nitrogens is 1. The Morgan fingerprint density at radius 3 is 2.48 bits per heavy atom. The summed E-state index contributed by atoms with van der Waals surface area (Å²) < 4.78 is 5.87. The van der Waals surface area contributed by atoms with Gasteiger partial charge in [-0.25, -0.2) is 9.89 Å². The summed E-state index contributed by atoms with van der Waals surface area (Å²) in [5.41, 5.74) is 0.128. The number of carbonyl (C=O) groups excluding carboxylic acids is 2. The first-order valence-electron chi connectivity index (χ1n) is 7.24. The van der Waals surface area contributed by atoms with E-state index in [0.717, 1.165) is 4.47 Å². The van der Waals surface area contributed by atoms with Crippen molar-refractivity contribution in [3.05, 3.63) is 69.1 Å². The number of ether oxygens (including phenoxy) is 1. The summed E-state index contributed by atoms with van der Waals surface area (Å²) >= 11 is 3.30. The SMILES string of the molecule is O=C(COC(=O)c1n[nH]c(=O)c2ccccc12)Nc1ccc(Br)cc1. The normalized spacial score (nSPS) is 10.4. The van der Waals surface area contributed by atoms with Crippen LogP contribution in [0.25, 0.3) is 10.8 Å². The highest BCUT2D eigenvalue weighted by Gasteiger charge is 2.16. The van der Waals surface area contributed by atoms with Crippen molar-refractivity contribution in [2.75, 3.05) is 11.9 Å². The van der Waals surface area contributed by atoms with Gasteiger partial charge >= 0.3 is 5.97 Å². The molecular formula is C17H12BrN3O4. The van der Waals surface area contributed by atoms with Crippen molar-refractivity contribution in [2.24, 2.45) is 0 Å². The van der Waals surface area contributed by atoms with Gasteiger partial charge in [0.1, 0.15) is 0 Å². The molecule has 0 bridgehead atoms. The molecule has 0 radical (unpaired) electrons. The molecule has 0 atom stereocenters. The van der Waals surface area contributed by atoms with E-state index in [-0.39, 0.29) is 5.69 Å². The minimum absolute atomic E-state index is 0.0494. The van der Waals surface area contributed by atoms with E-state index < -0.39 is 24.0 Å². The molecule has 0 unspecified atom stereocenters. The van der Waals surface area contributed by atoms with E-state index in [2.05, 4.69) is 31.4 Å². The molecule has 7 nitrogen and oxygen atoms in total. The minimum Gasteiger partial charge on any atom is -0.451 e. The molecule has 1 heterocycles. The Labute approximate surface area is 150 Å². The molecule has 8 heteroatoms. The topological polar surface area (TPSA) is 101 Å². The van der Waals surface area contributed by atoms with Crippen LogP contribution in [0.1, 0.15) is 10.5 Å². The van der Waals surface area contributed by atoms with E-state index >= 15 is 0 Å². The van der Waals surface area contributed by atoms with Crippen molar-refractivity contribution >= 4 is 44.3 Å². The average Bonchev–Trinajstić information content (AvgIpc) is 2.62. The van der Waals surface area contributed by atoms with Gasteiger partial charge in [-0.2, -0.15) is 5.10 Å². The maximum Gasteiger partial charge on any atom is 0.359 e. The second-order valence-electron chi connectivity index (χ2n) is 5.08. The zero-order chi connectivity index (χ0) is 17.8. The second-order valence-corrected chi connectivity index (χ2v) is 5.99. The molecule has 3 aromatic rings. The molecule has 0 fully saturated rings. The van der Waals surface area contributed by atoms with Crippen molar-refractivity contribution in [2.45, 2.75) is 0 Å². The number of benzene rings is 2. The van der Waals surface area contributed by atoms with Gasteiger partial charge in [0.25, 0.3) is 11.5 Å². The largest absolute Gasteiger partial charge is 0.451 e. The number of nitrogens with one attached hydrogen (secondary N) is 2. The molecule has 1 amide bonds. The Hall–Kier alpha value is -3.00. The van der Waals surface area contributed by atoms with E-state index in [9.17, 15) is 14.4 Å². The first kappa shape index (κ1) is 16.8. The standard InChI is InChI=1S/C17H12BrN3O4/c18-10-5-7-11(8-6-10)19-14(22)9-25-17(24)15-12-3-1-2-4-13(12)16(23)21-20-15/h1-8H,9H2,(H,19,22)(H,21,23). The number of hydrogen-bond acceptors (Lipinski definition) is 5. The first-order valence-corrected chi connectivity index (χ1v) is 8.04. The fourth-order valence-corrected chi connectivity index (χ4v) is 2.46. The number of esters is 1. The maximum absolute atomic E-state index is 12.2. The molecule has 2 N–H and O–H groups in total. The highest BCUT2D eigenvalue weighted by atomic mass is 79.9. The fraction of sp³-hybridized carbons (Fsp3) is 0.0588. The van der Waals surface area contributed by atoms with Gasteiger partial charge in [0.2, 0.25) is 0 Å². The van der Waals surface area contributed by atoms with Gasteiger partial charge < -0.3 is 10.1 Å². The summed E-state index contributed by atoms with van der Waals surface area (Å²) in [7, 11) is 0. The molecule has 0 aliphatic rings. The third-order valence-electron chi connectivity index (χ3n) is 3.35. The molecule has 0 saturated heterocycles. The molecular weight excluding hydrogens is 390 g/mol. The molecule has 2 aromatic carbocycles. The van der Waals surface area contributed by atoms with Crippen molar-refractivity contribution in [1.82, 2.24) is 10.2 Å². The average molecular weight is 402 g/mol. The zero-order valence-corrected chi connectivity index (χ0v) is 14.4. The van der Waals surface area contributed by atoms with Crippen LogP contribution in [-0.4, -0.2) is 28.7 Å². The van der Waals surface area contributed by atoms with Gasteiger partial charge in [0, 0.05) is 15.5 Å². The first-order chi connectivity index (χ1) is 12.0. The smallest absolute Gasteiger partial charge is 0.359 e. The van der Waals surface area contributed by atoms with Gasteiger partial charge in [-0.05, 0) is 30.3 Å². The van der Waals surface area contributed by atoms with Crippen LogP contribution in [0.4, 0.5) is 5.69 Å². The van der Waals surface area contributed by atoms with Crippen LogP contribution in [0, 0.1) is 0 Å². The lowest BCUT2D eigenvalue weighted by molar-refractivity contribution is -0.119. The summed E-state index contributed by atoms with van der Waals surface area (Å²) in [5.74, 6) is -1.28. The number of fused-ring (bicyclic) bond motifs is 1. The fourth-order valence-electron chi connectivity index (χ4n) is 2.20. The monoisotopic (exact) mass is 401 g/mol. The van der Waals surface area contributed by atoms with Crippen molar-refractivity contribution < 1.29 is 14.3 Å². The van der Waals surface area contributed by atoms with Crippen LogP contribution < -0.4 is 10.9 Å². The number of halogens is 1. The molecule has 0 saturated carbocycles. The molecule has 1 aromatic heterocycles. The summed E-state index contributed by atoms with van der Waals surface area (Å²) in [6.07, 6.45) is 0. The van der Waals surface area contributed by atoms with Crippen molar-refractivity contribution in [3.8, 4) is 0 Å². The Bertz CT molecular complexity index is 999. The molecule has 25 heavy (non-hydrogen) atoms. The van der Waals surface area contributed by atoms with Gasteiger partial charge in [-0.1, -0.05) is 34.1 Å². The maximum atomic E-state index is 12.2. The number of anilines is 1. The van der Waals surface area contributed by atoms with Crippen LogP contribution in [0.2, 0.25) is 0 Å². The van der Waals surface area contributed by atoms with Crippen molar-refractivity contribution in [3.63, 3.8) is 0 Å². The molecule has 0 aliphatic carbocycles. The lowest BCUT2D eigenvalue weighted by Crippen LogP contribution is -2.22. The number of hydrogen-bond donors (Lipinski definition) is 2. The Morgan fingerprint density at radius 1 is 1.08 bits per heavy atom. The number of rotatable bonds is 4. The van der Waals surface area contributed by atoms with Crippen LogP contribution in [0.5, 0.6) is 0 Å². The predicted molar refractivity (Wildman–Crippen MR) is 95.4 cm³/mol. The lowest BCUT2D eigenvalue weighted by Gasteiger charge is -2.07. The van der Waals surface area contributed by atoms with Crippen molar-refractivity contribution in [1.29, 1.82) is 0 Å². The Balaban J connectivity index is 1.69. The number of aromatic nitrogens is 2. The van der Waals surface area contributed by atoms with E-state index in [1.165, 1.54) is 0 Å². The van der Waals surface area contributed by atoms with Crippen LogP contribution in [-0.2, 0) is 9.53 Å². The van der Waals surface area contributed by atoms with E-state index in [4.69, 9.17) is 4.74 Å². The number of aromatic amines is 1. The van der Waals surface area contributed by atoms with Gasteiger partial charge in [0.05, 0.1) is 5.39 Å². The number of amides is 1. The zero-order valence-electron chi connectivity index (χ0n) is 12.8. The Morgan fingerprint density at radius 2 is 1.76 bits per heavy atom. The summed E-state index contributed by atoms with van der Waals surface area (Å²) in [5, 5.41) is 9.27. The lowest BCUT2D eigenvalue weighted by atomic mass is 10.1.